The summed E-state index contributed by atoms with van der Waals surface area (Å²) in [4.78, 5) is 23.0. The Labute approximate surface area is 122 Å². The van der Waals surface area contributed by atoms with Gasteiger partial charge in [0.1, 0.15) is 0 Å². The van der Waals surface area contributed by atoms with Gasteiger partial charge in [-0.3, -0.25) is 4.79 Å². The summed E-state index contributed by atoms with van der Waals surface area (Å²) >= 11 is 0. The Hall–Kier alpha value is -1.47. The third-order valence-corrected chi connectivity index (χ3v) is 3.25. The Kier molecular flexibility index (Phi) is 8.80. The molecule has 0 saturated carbocycles. The van der Waals surface area contributed by atoms with Crippen molar-refractivity contribution in [2.45, 2.75) is 45.2 Å². The van der Waals surface area contributed by atoms with Crippen molar-refractivity contribution in [3.63, 3.8) is 0 Å². The summed E-state index contributed by atoms with van der Waals surface area (Å²) in [5.41, 5.74) is 0. The summed E-state index contributed by atoms with van der Waals surface area (Å²) in [6.45, 7) is 1.88. The molecule has 124 valence electrons. The van der Waals surface area contributed by atoms with Gasteiger partial charge in [0.25, 0.3) is 0 Å². The van der Waals surface area contributed by atoms with Gasteiger partial charge < -0.3 is 15.3 Å². The van der Waals surface area contributed by atoms with Crippen molar-refractivity contribution in [3.05, 3.63) is 0 Å². The lowest BCUT2D eigenvalue weighted by Crippen LogP contribution is -2.39. The van der Waals surface area contributed by atoms with Gasteiger partial charge in [0, 0.05) is 26.6 Å². The van der Waals surface area contributed by atoms with Crippen LogP contribution in [-0.2, 0) is 4.79 Å². The maximum atomic E-state index is 12.0. The topological polar surface area (TPSA) is 69.6 Å². The van der Waals surface area contributed by atoms with Crippen molar-refractivity contribution >= 4 is 12.0 Å². The smallest absolute Gasteiger partial charge is 0.390 e. The first-order valence-electron chi connectivity index (χ1n) is 6.93. The largest absolute Gasteiger partial charge is 0.481 e. The maximum absolute atomic E-state index is 12.0. The molecule has 5 nitrogen and oxygen atoms in total. The van der Waals surface area contributed by atoms with Gasteiger partial charge in [-0.05, 0) is 18.8 Å². The first kappa shape index (κ1) is 19.5. The average Bonchev–Trinajstić information content (AvgIpc) is 2.38. The zero-order valence-corrected chi connectivity index (χ0v) is 12.4. The van der Waals surface area contributed by atoms with Crippen molar-refractivity contribution < 1.29 is 27.9 Å². The van der Waals surface area contributed by atoms with E-state index in [-0.39, 0.29) is 18.9 Å². The number of amides is 2. The highest BCUT2D eigenvalue weighted by atomic mass is 19.4. The number of hydrogen-bond acceptors (Lipinski definition) is 2. The molecule has 2 amide bonds. The molecule has 0 aromatic rings. The molecule has 8 heteroatoms. The SMILES string of the molecule is CCC(CCNC(=O)N(C)CCC(F)(F)F)CCC(=O)O. The first-order valence-corrected chi connectivity index (χ1v) is 6.93. The van der Waals surface area contributed by atoms with Crippen molar-refractivity contribution in [3.8, 4) is 0 Å². The van der Waals surface area contributed by atoms with Gasteiger partial charge in [-0.15, -0.1) is 0 Å². The van der Waals surface area contributed by atoms with E-state index in [4.69, 9.17) is 5.11 Å². The van der Waals surface area contributed by atoms with Crippen LogP contribution in [0.4, 0.5) is 18.0 Å². The molecular formula is C13H23F3N2O3. The van der Waals surface area contributed by atoms with E-state index in [2.05, 4.69) is 5.32 Å². The number of carbonyl (C=O) groups is 2. The number of rotatable bonds is 9. The van der Waals surface area contributed by atoms with Gasteiger partial charge >= 0.3 is 18.2 Å². The van der Waals surface area contributed by atoms with E-state index in [0.29, 0.717) is 19.4 Å². The molecule has 0 bridgehead atoms. The van der Waals surface area contributed by atoms with Crippen molar-refractivity contribution in [1.82, 2.24) is 10.2 Å². The number of carboxylic acids is 1. The van der Waals surface area contributed by atoms with E-state index < -0.39 is 24.6 Å². The molecule has 21 heavy (non-hydrogen) atoms. The van der Waals surface area contributed by atoms with Gasteiger partial charge in [0.05, 0.1) is 6.42 Å². The van der Waals surface area contributed by atoms with Crippen molar-refractivity contribution in [2.24, 2.45) is 5.92 Å². The number of halogens is 3. The van der Waals surface area contributed by atoms with Crippen LogP contribution in [0.25, 0.3) is 0 Å². The number of aliphatic carboxylic acids is 1. The minimum absolute atomic E-state index is 0.0813. The third-order valence-electron chi connectivity index (χ3n) is 3.25. The first-order chi connectivity index (χ1) is 9.65. The Bertz CT molecular complexity index is 335. The van der Waals surface area contributed by atoms with Crippen LogP contribution < -0.4 is 5.32 Å². The zero-order valence-electron chi connectivity index (χ0n) is 12.4. The number of nitrogens with zero attached hydrogens (tertiary/aromatic N) is 1. The van der Waals surface area contributed by atoms with Gasteiger partial charge in [0.15, 0.2) is 0 Å². The molecule has 1 unspecified atom stereocenters. The van der Waals surface area contributed by atoms with Crippen LogP contribution in [0.15, 0.2) is 0 Å². The van der Waals surface area contributed by atoms with E-state index >= 15 is 0 Å². The Balaban J connectivity index is 3.92. The third kappa shape index (κ3) is 10.9. The fourth-order valence-electron chi connectivity index (χ4n) is 1.79. The molecule has 0 aromatic heterocycles. The molecule has 0 saturated heterocycles. The van der Waals surface area contributed by atoms with Crippen LogP contribution in [0.1, 0.15) is 39.0 Å². The quantitative estimate of drug-likeness (QED) is 0.688. The van der Waals surface area contributed by atoms with Crippen LogP contribution in [0.3, 0.4) is 0 Å². The van der Waals surface area contributed by atoms with Crippen LogP contribution in [0, 0.1) is 5.92 Å². The van der Waals surface area contributed by atoms with Gasteiger partial charge in [-0.1, -0.05) is 13.3 Å². The van der Waals surface area contributed by atoms with E-state index in [9.17, 15) is 22.8 Å². The molecular weight excluding hydrogens is 289 g/mol. The van der Waals surface area contributed by atoms with E-state index in [0.717, 1.165) is 11.3 Å². The summed E-state index contributed by atoms with van der Waals surface area (Å²) in [5, 5.41) is 11.1. The fourth-order valence-corrected chi connectivity index (χ4v) is 1.79. The zero-order chi connectivity index (χ0) is 16.5. The van der Waals surface area contributed by atoms with E-state index in [1.165, 1.54) is 7.05 Å². The number of carbonyl (C=O) groups excluding carboxylic acids is 1. The average molecular weight is 312 g/mol. The normalized spacial score (nSPS) is 12.8. The molecule has 0 spiro atoms. The lowest BCUT2D eigenvalue weighted by molar-refractivity contribution is -0.137. The Morgan fingerprint density at radius 3 is 2.38 bits per heavy atom. The lowest BCUT2D eigenvalue weighted by atomic mass is 9.97. The van der Waals surface area contributed by atoms with Gasteiger partial charge in [0.2, 0.25) is 0 Å². The highest BCUT2D eigenvalue weighted by Gasteiger charge is 2.28. The summed E-state index contributed by atoms with van der Waals surface area (Å²) in [5.74, 6) is -0.675. The fraction of sp³-hybridized carbons (Fsp3) is 0.846. The van der Waals surface area contributed by atoms with Gasteiger partial charge in [-0.2, -0.15) is 13.2 Å². The van der Waals surface area contributed by atoms with Crippen LogP contribution in [0.5, 0.6) is 0 Å². The summed E-state index contributed by atoms with van der Waals surface area (Å²) in [6, 6.07) is -0.549. The molecule has 0 heterocycles. The number of urea groups is 1. The van der Waals surface area contributed by atoms with Crippen LogP contribution in [-0.4, -0.2) is 48.3 Å². The summed E-state index contributed by atoms with van der Waals surface area (Å²) in [6.07, 6.45) is -3.29. The summed E-state index contributed by atoms with van der Waals surface area (Å²) in [7, 11) is 1.31. The molecule has 0 radical (unpaired) electrons. The van der Waals surface area contributed by atoms with Gasteiger partial charge in [-0.25, -0.2) is 4.79 Å². The highest BCUT2D eigenvalue weighted by Crippen LogP contribution is 2.19. The molecule has 2 N–H and O–H groups in total. The summed E-state index contributed by atoms with van der Waals surface area (Å²) < 4.78 is 36.1. The second-order valence-electron chi connectivity index (χ2n) is 5.01. The minimum atomic E-state index is -4.28. The second-order valence-corrected chi connectivity index (χ2v) is 5.01. The number of carboxylic acid groups (broad SMARTS) is 1. The second kappa shape index (κ2) is 9.46. The molecule has 0 aliphatic heterocycles. The molecule has 0 aliphatic rings. The van der Waals surface area contributed by atoms with Crippen molar-refractivity contribution in [2.75, 3.05) is 20.1 Å². The van der Waals surface area contributed by atoms with E-state index in [1.807, 2.05) is 6.92 Å². The Morgan fingerprint density at radius 1 is 1.29 bits per heavy atom. The van der Waals surface area contributed by atoms with Crippen molar-refractivity contribution in [1.29, 1.82) is 0 Å². The highest BCUT2D eigenvalue weighted by molar-refractivity contribution is 5.73. The molecule has 0 fully saturated rings. The molecule has 1 atom stereocenters. The minimum Gasteiger partial charge on any atom is -0.481 e. The number of alkyl halides is 3. The standard InChI is InChI=1S/C13H23F3N2O3/c1-3-10(4-5-11(19)20)6-8-17-12(21)18(2)9-7-13(14,15)16/h10H,3-9H2,1-2H3,(H,17,21)(H,19,20). The number of nitrogens with one attached hydrogen (secondary N) is 1. The van der Waals surface area contributed by atoms with E-state index in [1.54, 1.807) is 0 Å². The number of hydrogen-bond donors (Lipinski definition) is 2. The maximum Gasteiger partial charge on any atom is 0.390 e. The predicted molar refractivity (Wildman–Crippen MR) is 72.0 cm³/mol. The predicted octanol–water partition coefficient (Wildman–Crippen LogP) is 2.86. The molecule has 0 aliphatic carbocycles. The Morgan fingerprint density at radius 2 is 1.90 bits per heavy atom. The molecule has 0 rings (SSSR count). The van der Waals surface area contributed by atoms with Crippen LogP contribution in [0.2, 0.25) is 0 Å². The van der Waals surface area contributed by atoms with Crippen LogP contribution >= 0.6 is 0 Å². The molecule has 0 aromatic carbocycles. The monoisotopic (exact) mass is 312 g/mol. The lowest BCUT2D eigenvalue weighted by Gasteiger charge is -2.20.